The molecule has 33 heavy (non-hydrogen) atoms. The highest BCUT2D eigenvalue weighted by Crippen LogP contribution is 2.31. The third kappa shape index (κ3) is 4.24. The first kappa shape index (κ1) is 20.4. The van der Waals surface area contributed by atoms with E-state index in [0.717, 1.165) is 70.2 Å². The van der Waals surface area contributed by atoms with E-state index in [2.05, 4.69) is 51.8 Å². The average molecular weight is 457 g/mol. The molecule has 4 aromatic heterocycles. The van der Waals surface area contributed by atoms with Gasteiger partial charge in [-0.3, -0.25) is 14.1 Å². The van der Waals surface area contributed by atoms with Gasteiger partial charge in [0.2, 0.25) is 0 Å². The smallest absolute Gasteiger partial charge is 0.200 e. The number of rotatable bonds is 5. The van der Waals surface area contributed by atoms with Gasteiger partial charge >= 0.3 is 0 Å². The van der Waals surface area contributed by atoms with Crippen LogP contribution >= 0.6 is 11.8 Å². The molecule has 0 N–H and O–H groups in total. The Balaban J connectivity index is 1.28. The Bertz CT molecular complexity index is 1440. The molecule has 6 rings (SSSR count). The van der Waals surface area contributed by atoms with Crippen molar-refractivity contribution in [3.05, 3.63) is 66.7 Å². The van der Waals surface area contributed by atoms with Crippen LogP contribution in [0.25, 0.3) is 27.7 Å². The van der Waals surface area contributed by atoms with E-state index in [1.807, 2.05) is 36.1 Å². The summed E-state index contributed by atoms with van der Waals surface area (Å²) >= 11 is 1.61. The van der Waals surface area contributed by atoms with E-state index in [0.29, 0.717) is 5.92 Å². The van der Waals surface area contributed by atoms with Crippen LogP contribution in [0.3, 0.4) is 0 Å². The second-order valence-electron chi connectivity index (χ2n) is 8.59. The molecule has 1 fully saturated rings. The largest absolute Gasteiger partial charge is 0.381 e. The lowest BCUT2D eigenvalue weighted by Gasteiger charge is -2.21. The van der Waals surface area contributed by atoms with Crippen LogP contribution in [0.1, 0.15) is 18.4 Å². The summed E-state index contributed by atoms with van der Waals surface area (Å²) in [6.07, 6.45) is 11.3. The summed E-state index contributed by atoms with van der Waals surface area (Å²) in [4.78, 5) is 5.82. The lowest BCUT2D eigenvalue weighted by Crippen LogP contribution is -2.17. The molecule has 1 aliphatic heterocycles. The number of aryl methyl sites for hydroxylation is 1. The van der Waals surface area contributed by atoms with Crippen molar-refractivity contribution in [2.75, 3.05) is 13.2 Å². The Morgan fingerprint density at radius 1 is 1.00 bits per heavy atom. The lowest BCUT2D eigenvalue weighted by atomic mass is 9.93. The van der Waals surface area contributed by atoms with Gasteiger partial charge in [-0.25, -0.2) is 0 Å². The highest BCUT2D eigenvalue weighted by molar-refractivity contribution is 7.99. The first-order chi connectivity index (χ1) is 16.2. The Hall–Kier alpha value is -3.23. The van der Waals surface area contributed by atoms with E-state index in [4.69, 9.17) is 9.72 Å². The van der Waals surface area contributed by atoms with E-state index in [9.17, 15) is 0 Å². The molecule has 1 saturated heterocycles. The van der Waals surface area contributed by atoms with Gasteiger partial charge in [0.1, 0.15) is 0 Å². The standard InChI is InChI=1S/C25H24N6OS/c1-30-15-21(14-27-30)19-2-5-24-28-29-25(31(24)16-19)33-22-3-4-23-20(12-22)11-18(13-26-23)10-17-6-8-32-9-7-17/h2-5,11-17H,6-10H2,1H3. The van der Waals surface area contributed by atoms with E-state index in [1.54, 1.807) is 16.4 Å². The fourth-order valence-electron chi connectivity index (χ4n) is 4.40. The van der Waals surface area contributed by atoms with Gasteiger partial charge in [-0.1, -0.05) is 0 Å². The summed E-state index contributed by atoms with van der Waals surface area (Å²) in [6.45, 7) is 1.75. The molecular weight excluding hydrogens is 432 g/mol. The molecule has 0 atom stereocenters. The molecular formula is C25H24N6OS. The van der Waals surface area contributed by atoms with Crippen LogP contribution in [-0.2, 0) is 18.2 Å². The van der Waals surface area contributed by atoms with Gasteiger partial charge in [0.05, 0.1) is 11.7 Å². The molecule has 0 amide bonds. The molecule has 7 nitrogen and oxygen atoms in total. The fraction of sp³-hybridized carbons (Fsp3) is 0.280. The number of pyridine rings is 2. The van der Waals surface area contributed by atoms with Crippen LogP contribution in [0.15, 0.2) is 71.2 Å². The summed E-state index contributed by atoms with van der Waals surface area (Å²) in [5.74, 6) is 0.687. The third-order valence-corrected chi connectivity index (χ3v) is 7.14. The van der Waals surface area contributed by atoms with Crippen LogP contribution in [0, 0.1) is 5.92 Å². The molecule has 1 aromatic carbocycles. The van der Waals surface area contributed by atoms with Crippen molar-refractivity contribution in [1.29, 1.82) is 0 Å². The zero-order chi connectivity index (χ0) is 22.2. The van der Waals surface area contributed by atoms with Gasteiger partial charge in [-0.15, -0.1) is 10.2 Å². The van der Waals surface area contributed by atoms with Gasteiger partial charge in [-0.05, 0) is 78.9 Å². The van der Waals surface area contributed by atoms with Gasteiger partial charge in [0.15, 0.2) is 10.8 Å². The van der Waals surface area contributed by atoms with E-state index >= 15 is 0 Å². The summed E-state index contributed by atoms with van der Waals surface area (Å²) in [5.41, 5.74) is 5.28. The number of hydrogen-bond donors (Lipinski definition) is 0. The van der Waals surface area contributed by atoms with Crippen molar-refractivity contribution >= 4 is 28.3 Å². The van der Waals surface area contributed by atoms with Crippen molar-refractivity contribution in [2.45, 2.75) is 29.3 Å². The van der Waals surface area contributed by atoms with Gasteiger partial charge in [0.25, 0.3) is 0 Å². The van der Waals surface area contributed by atoms with Crippen molar-refractivity contribution in [3.8, 4) is 11.1 Å². The number of aromatic nitrogens is 6. The van der Waals surface area contributed by atoms with E-state index < -0.39 is 0 Å². The number of hydrogen-bond acceptors (Lipinski definition) is 6. The summed E-state index contributed by atoms with van der Waals surface area (Å²) < 4.78 is 9.35. The maximum Gasteiger partial charge on any atom is 0.200 e. The number of ether oxygens (including phenoxy) is 1. The van der Waals surface area contributed by atoms with Crippen molar-refractivity contribution in [1.82, 2.24) is 29.4 Å². The van der Waals surface area contributed by atoms with Gasteiger partial charge in [-0.2, -0.15) is 5.10 Å². The Labute approximate surface area is 195 Å². The number of fused-ring (bicyclic) bond motifs is 2. The summed E-state index contributed by atoms with van der Waals surface area (Å²) in [6, 6.07) is 12.7. The monoisotopic (exact) mass is 456 g/mol. The average Bonchev–Trinajstić information content (AvgIpc) is 3.45. The second-order valence-corrected chi connectivity index (χ2v) is 9.63. The van der Waals surface area contributed by atoms with Crippen molar-refractivity contribution in [3.63, 3.8) is 0 Å². The van der Waals surface area contributed by atoms with Crippen molar-refractivity contribution in [2.24, 2.45) is 13.0 Å². The Morgan fingerprint density at radius 2 is 1.91 bits per heavy atom. The molecule has 1 aliphatic rings. The second kappa shape index (κ2) is 8.61. The minimum atomic E-state index is 0.687. The number of benzene rings is 1. The zero-order valence-corrected chi connectivity index (χ0v) is 19.2. The first-order valence-electron chi connectivity index (χ1n) is 11.2. The molecule has 0 radical (unpaired) electrons. The molecule has 0 bridgehead atoms. The number of nitrogens with zero attached hydrogens (tertiary/aromatic N) is 6. The lowest BCUT2D eigenvalue weighted by molar-refractivity contribution is 0.0665. The summed E-state index contributed by atoms with van der Waals surface area (Å²) in [5, 5.41) is 15.1. The third-order valence-electron chi connectivity index (χ3n) is 6.19. The van der Waals surface area contributed by atoms with Crippen LogP contribution in [-0.4, -0.2) is 42.6 Å². The predicted octanol–water partition coefficient (Wildman–Crippen LogP) is 4.80. The minimum absolute atomic E-state index is 0.687. The maximum absolute atomic E-state index is 5.50. The molecule has 0 aliphatic carbocycles. The normalized spacial score (nSPS) is 14.9. The summed E-state index contributed by atoms with van der Waals surface area (Å²) in [7, 11) is 1.92. The highest BCUT2D eigenvalue weighted by Gasteiger charge is 2.15. The van der Waals surface area contributed by atoms with Crippen LogP contribution in [0.2, 0.25) is 0 Å². The predicted molar refractivity (Wildman–Crippen MR) is 128 cm³/mol. The van der Waals surface area contributed by atoms with Gasteiger partial charge < -0.3 is 4.74 Å². The first-order valence-corrected chi connectivity index (χ1v) is 12.0. The Morgan fingerprint density at radius 3 is 2.76 bits per heavy atom. The van der Waals surface area contributed by atoms with E-state index in [-0.39, 0.29) is 0 Å². The molecule has 8 heteroatoms. The van der Waals surface area contributed by atoms with Gasteiger partial charge in [0, 0.05) is 60.3 Å². The van der Waals surface area contributed by atoms with Crippen LogP contribution in [0.5, 0.6) is 0 Å². The SMILES string of the molecule is Cn1cc(-c2ccc3nnc(Sc4ccc5ncc(CC6CCOCC6)cc5c4)n3c2)cn1. The maximum atomic E-state index is 5.50. The highest BCUT2D eigenvalue weighted by atomic mass is 32.2. The molecule has 166 valence electrons. The van der Waals surface area contributed by atoms with E-state index in [1.165, 1.54) is 5.56 Å². The minimum Gasteiger partial charge on any atom is -0.381 e. The Kier molecular flexibility index (Phi) is 5.32. The molecule has 0 saturated carbocycles. The zero-order valence-electron chi connectivity index (χ0n) is 18.4. The molecule has 0 spiro atoms. The molecule has 0 unspecified atom stereocenters. The fourth-order valence-corrected chi connectivity index (χ4v) is 5.26. The topological polar surface area (TPSA) is 70.1 Å². The molecule has 5 heterocycles. The van der Waals surface area contributed by atoms with Crippen LogP contribution < -0.4 is 0 Å². The quantitative estimate of drug-likeness (QED) is 0.378. The van der Waals surface area contributed by atoms with Crippen molar-refractivity contribution < 1.29 is 4.74 Å². The molecule has 5 aromatic rings. The van der Waals surface area contributed by atoms with Crippen LogP contribution in [0.4, 0.5) is 0 Å².